The molecule has 1 aromatic heterocycles. The van der Waals surface area contributed by atoms with Crippen LogP contribution >= 0.6 is 11.6 Å². The van der Waals surface area contributed by atoms with E-state index < -0.39 is 34.9 Å². The molecule has 0 aliphatic rings. The average Bonchev–Trinajstić information content (AvgIpc) is 2.82. The summed E-state index contributed by atoms with van der Waals surface area (Å²) < 4.78 is 54.3. The Morgan fingerprint density at radius 3 is 2.33 bits per heavy atom. The van der Waals surface area contributed by atoms with Gasteiger partial charge in [0.15, 0.2) is 29.0 Å². The standard InChI is InChI=1S/C12H8ClF4N3O/c1-2-20-4-5(13)10(19-20)12(21)18-11-8(16)6(14)3-7(15)9(11)17/h3-4H,2H2,1H3,(H,18,21). The maximum Gasteiger partial charge on any atom is 0.277 e. The number of nitrogens with zero attached hydrogens (tertiary/aromatic N) is 2. The minimum Gasteiger partial charge on any atom is -0.315 e. The van der Waals surface area contributed by atoms with E-state index in [2.05, 4.69) is 5.10 Å². The number of anilines is 1. The highest BCUT2D eigenvalue weighted by molar-refractivity contribution is 6.34. The van der Waals surface area contributed by atoms with Crippen LogP contribution in [0.3, 0.4) is 0 Å². The summed E-state index contributed by atoms with van der Waals surface area (Å²) in [6, 6.07) is 0.0408. The molecule has 0 saturated heterocycles. The van der Waals surface area contributed by atoms with E-state index >= 15 is 0 Å². The van der Waals surface area contributed by atoms with Crippen molar-refractivity contribution in [2.45, 2.75) is 13.5 Å². The van der Waals surface area contributed by atoms with Crippen molar-refractivity contribution in [3.05, 3.63) is 46.2 Å². The van der Waals surface area contributed by atoms with Gasteiger partial charge in [0, 0.05) is 18.8 Å². The molecule has 1 N–H and O–H groups in total. The number of rotatable bonds is 3. The number of aromatic nitrogens is 2. The molecule has 21 heavy (non-hydrogen) atoms. The zero-order valence-corrected chi connectivity index (χ0v) is 11.3. The molecule has 0 saturated carbocycles. The molecule has 0 aliphatic carbocycles. The van der Waals surface area contributed by atoms with Crippen LogP contribution in [0.1, 0.15) is 17.4 Å². The van der Waals surface area contributed by atoms with Crippen LogP contribution < -0.4 is 5.32 Å². The average molecular weight is 322 g/mol. The Morgan fingerprint density at radius 2 is 1.86 bits per heavy atom. The second-order valence-corrected chi connectivity index (χ2v) is 4.39. The van der Waals surface area contributed by atoms with Gasteiger partial charge in [0.1, 0.15) is 5.69 Å². The fourth-order valence-corrected chi connectivity index (χ4v) is 1.80. The predicted molar refractivity (Wildman–Crippen MR) is 67.1 cm³/mol. The second-order valence-electron chi connectivity index (χ2n) is 3.98. The van der Waals surface area contributed by atoms with Gasteiger partial charge in [0.2, 0.25) is 0 Å². The first-order valence-corrected chi connectivity index (χ1v) is 6.10. The fraction of sp³-hybridized carbons (Fsp3) is 0.167. The largest absolute Gasteiger partial charge is 0.315 e. The Bertz CT molecular complexity index is 691. The number of benzene rings is 1. The summed E-state index contributed by atoms with van der Waals surface area (Å²) in [6.07, 6.45) is 1.33. The van der Waals surface area contributed by atoms with Crippen LogP contribution in [-0.2, 0) is 6.54 Å². The summed E-state index contributed by atoms with van der Waals surface area (Å²) in [6.45, 7) is 2.14. The summed E-state index contributed by atoms with van der Waals surface area (Å²) in [5, 5.41) is 5.43. The van der Waals surface area contributed by atoms with Gasteiger partial charge in [0.25, 0.3) is 5.91 Å². The second kappa shape index (κ2) is 5.72. The van der Waals surface area contributed by atoms with Gasteiger partial charge in [0.05, 0.1) is 5.02 Å². The van der Waals surface area contributed by atoms with Crippen molar-refractivity contribution in [3.8, 4) is 0 Å². The maximum atomic E-state index is 13.4. The van der Waals surface area contributed by atoms with Crippen LogP contribution in [0.4, 0.5) is 23.2 Å². The van der Waals surface area contributed by atoms with Crippen molar-refractivity contribution in [2.75, 3.05) is 5.32 Å². The van der Waals surface area contributed by atoms with Crippen molar-refractivity contribution >= 4 is 23.2 Å². The van der Waals surface area contributed by atoms with E-state index in [1.165, 1.54) is 10.9 Å². The van der Waals surface area contributed by atoms with Crippen molar-refractivity contribution in [3.63, 3.8) is 0 Å². The third kappa shape index (κ3) is 2.85. The molecule has 4 nitrogen and oxygen atoms in total. The Kier molecular flexibility index (Phi) is 4.17. The van der Waals surface area contributed by atoms with Crippen LogP contribution in [-0.4, -0.2) is 15.7 Å². The summed E-state index contributed by atoms with van der Waals surface area (Å²) >= 11 is 5.75. The lowest BCUT2D eigenvalue weighted by Gasteiger charge is -2.07. The Labute approximate surface area is 121 Å². The number of hydrogen-bond donors (Lipinski definition) is 1. The van der Waals surface area contributed by atoms with Crippen molar-refractivity contribution < 1.29 is 22.4 Å². The molecule has 112 valence electrons. The van der Waals surface area contributed by atoms with Crippen molar-refractivity contribution in [1.29, 1.82) is 0 Å². The molecule has 2 rings (SSSR count). The lowest BCUT2D eigenvalue weighted by molar-refractivity contribution is 0.102. The Hall–Kier alpha value is -2.09. The van der Waals surface area contributed by atoms with Crippen LogP contribution in [0.5, 0.6) is 0 Å². The topological polar surface area (TPSA) is 46.9 Å². The van der Waals surface area contributed by atoms with E-state index in [4.69, 9.17) is 11.6 Å². The normalized spacial score (nSPS) is 10.8. The highest BCUT2D eigenvalue weighted by Crippen LogP contribution is 2.25. The van der Waals surface area contributed by atoms with Gasteiger partial charge in [-0.05, 0) is 6.92 Å². The quantitative estimate of drug-likeness (QED) is 0.696. The molecule has 0 fully saturated rings. The predicted octanol–water partition coefficient (Wildman–Crippen LogP) is 3.37. The van der Waals surface area contributed by atoms with E-state index in [0.717, 1.165) is 0 Å². The Balaban J connectivity index is 2.38. The molecule has 0 spiro atoms. The monoisotopic (exact) mass is 321 g/mol. The first-order chi connectivity index (χ1) is 9.85. The zero-order valence-electron chi connectivity index (χ0n) is 10.6. The summed E-state index contributed by atoms with van der Waals surface area (Å²) in [5.74, 6) is -7.78. The molecule has 0 bridgehead atoms. The van der Waals surface area contributed by atoms with Crippen molar-refractivity contribution in [2.24, 2.45) is 0 Å². The molecular weight excluding hydrogens is 314 g/mol. The molecule has 0 aliphatic heterocycles. The van der Waals surface area contributed by atoms with E-state index in [1.807, 2.05) is 0 Å². The van der Waals surface area contributed by atoms with E-state index in [0.29, 0.717) is 6.54 Å². The first-order valence-electron chi connectivity index (χ1n) is 5.72. The number of halogens is 5. The first kappa shape index (κ1) is 15.3. The summed E-state index contributed by atoms with van der Waals surface area (Å²) in [5.41, 5.74) is -1.55. The summed E-state index contributed by atoms with van der Waals surface area (Å²) in [7, 11) is 0. The molecule has 0 radical (unpaired) electrons. The number of aryl methyl sites for hydroxylation is 1. The molecule has 1 heterocycles. The lowest BCUT2D eigenvalue weighted by Crippen LogP contribution is -2.17. The van der Waals surface area contributed by atoms with Gasteiger partial charge in [-0.3, -0.25) is 9.48 Å². The smallest absolute Gasteiger partial charge is 0.277 e. The number of nitrogens with one attached hydrogen (secondary N) is 1. The highest BCUT2D eigenvalue weighted by Gasteiger charge is 2.23. The third-order valence-electron chi connectivity index (χ3n) is 2.61. The maximum absolute atomic E-state index is 13.4. The number of carbonyl (C=O) groups is 1. The van der Waals surface area contributed by atoms with Crippen molar-refractivity contribution in [1.82, 2.24) is 9.78 Å². The lowest BCUT2D eigenvalue weighted by atomic mass is 10.2. The molecule has 9 heteroatoms. The van der Waals surface area contributed by atoms with Gasteiger partial charge in [-0.2, -0.15) is 5.10 Å². The van der Waals surface area contributed by atoms with Crippen LogP contribution in [0, 0.1) is 23.3 Å². The van der Waals surface area contributed by atoms with Gasteiger partial charge >= 0.3 is 0 Å². The van der Waals surface area contributed by atoms with E-state index in [1.54, 1.807) is 12.2 Å². The minimum atomic E-state index is -1.71. The highest BCUT2D eigenvalue weighted by atomic mass is 35.5. The van der Waals surface area contributed by atoms with Gasteiger partial charge in [-0.1, -0.05) is 11.6 Å². The number of hydrogen-bond acceptors (Lipinski definition) is 2. The van der Waals surface area contributed by atoms with E-state index in [9.17, 15) is 22.4 Å². The van der Waals surface area contributed by atoms with Gasteiger partial charge < -0.3 is 5.32 Å². The molecule has 2 aromatic rings. The van der Waals surface area contributed by atoms with Gasteiger partial charge in [-0.25, -0.2) is 17.6 Å². The number of amides is 1. The molecular formula is C12H8ClF4N3O. The molecule has 0 unspecified atom stereocenters. The van der Waals surface area contributed by atoms with Gasteiger partial charge in [-0.15, -0.1) is 0 Å². The SMILES string of the molecule is CCn1cc(Cl)c(C(=O)Nc2c(F)c(F)cc(F)c2F)n1. The summed E-state index contributed by atoms with van der Waals surface area (Å²) in [4.78, 5) is 11.8. The molecule has 1 aromatic carbocycles. The zero-order chi connectivity index (χ0) is 15.7. The van der Waals surface area contributed by atoms with Crippen LogP contribution in [0.25, 0.3) is 0 Å². The van der Waals surface area contributed by atoms with E-state index in [-0.39, 0.29) is 16.8 Å². The third-order valence-corrected chi connectivity index (χ3v) is 2.88. The van der Waals surface area contributed by atoms with Crippen LogP contribution in [0.15, 0.2) is 12.3 Å². The number of carbonyl (C=O) groups excluding carboxylic acids is 1. The van der Waals surface area contributed by atoms with Crippen LogP contribution in [0.2, 0.25) is 5.02 Å². The Morgan fingerprint density at radius 1 is 1.29 bits per heavy atom. The fourth-order valence-electron chi connectivity index (χ4n) is 1.57. The molecule has 0 atom stereocenters. The minimum absolute atomic E-state index is 0.0408. The molecule has 1 amide bonds.